The number of rotatable bonds is 7. The van der Waals surface area contributed by atoms with Gasteiger partial charge in [0.25, 0.3) is 0 Å². The van der Waals surface area contributed by atoms with Gasteiger partial charge in [-0.25, -0.2) is 4.98 Å². The predicted octanol–water partition coefficient (Wildman–Crippen LogP) is 1.73. The number of anilines is 1. The molecule has 0 saturated carbocycles. The van der Waals surface area contributed by atoms with Gasteiger partial charge < -0.3 is 15.5 Å². The molecular weight excluding hydrogens is 364 g/mol. The molecule has 0 aliphatic heterocycles. The fourth-order valence-corrected chi connectivity index (χ4v) is 3.69. The maximum absolute atomic E-state index is 11.4. The van der Waals surface area contributed by atoms with Gasteiger partial charge in [0.05, 0.1) is 12.0 Å². The van der Waals surface area contributed by atoms with E-state index >= 15 is 0 Å². The van der Waals surface area contributed by atoms with E-state index in [2.05, 4.69) is 20.5 Å². The molecule has 0 aliphatic carbocycles. The van der Waals surface area contributed by atoms with Crippen molar-refractivity contribution in [3.8, 4) is 11.6 Å². The van der Waals surface area contributed by atoms with Crippen LogP contribution in [0.25, 0.3) is 11.6 Å². The summed E-state index contributed by atoms with van der Waals surface area (Å²) in [6.45, 7) is 1.37. The molecule has 130 valence electrons. The molecule has 0 aromatic carbocycles. The van der Waals surface area contributed by atoms with E-state index in [1.54, 1.807) is 16.7 Å². The van der Waals surface area contributed by atoms with E-state index in [9.17, 15) is 9.59 Å². The van der Waals surface area contributed by atoms with Crippen molar-refractivity contribution in [3.63, 3.8) is 0 Å². The molecule has 0 aliphatic rings. The number of carbonyl (C=O) groups excluding carboxylic acids is 2. The number of nitrogens with one attached hydrogen (secondary N) is 1. The molecular formula is C14H14N6O3S2. The maximum Gasteiger partial charge on any atom is 0.237 e. The van der Waals surface area contributed by atoms with Crippen LogP contribution in [0.3, 0.4) is 0 Å². The number of primary amides is 1. The van der Waals surface area contributed by atoms with Crippen LogP contribution >= 0.6 is 23.1 Å². The summed E-state index contributed by atoms with van der Waals surface area (Å²) in [4.78, 5) is 26.7. The fourth-order valence-electron chi connectivity index (χ4n) is 2.00. The minimum Gasteiger partial charge on any atom is -0.461 e. The van der Waals surface area contributed by atoms with Crippen molar-refractivity contribution in [2.24, 2.45) is 5.73 Å². The van der Waals surface area contributed by atoms with Crippen molar-refractivity contribution >= 4 is 40.0 Å². The van der Waals surface area contributed by atoms with Crippen molar-refractivity contribution in [2.45, 2.75) is 24.4 Å². The second-order valence-corrected chi connectivity index (χ2v) is 6.75. The van der Waals surface area contributed by atoms with Crippen LogP contribution < -0.4 is 11.1 Å². The Labute approximate surface area is 150 Å². The Balaban J connectivity index is 1.76. The molecule has 0 bridgehead atoms. The topological polar surface area (TPSA) is 129 Å². The van der Waals surface area contributed by atoms with E-state index in [0.717, 1.165) is 5.69 Å². The highest BCUT2D eigenvalue weighted by Crippen LogP contribution is 2.27. The summed E-state index contributed by atoms with van der Waals surface area (Å²) in [6, 6.07) is 3.46. The number of hydrogen-bond donors (Lipinski definition) is 2. The molecule has 0 radical (unpaired) electrons. The average Bonchev–Trinajstić information content (AvgIpc) is 3.25. The van der Waals surface area contributed by atoms with Gasteiger partial charge in [-0.05, 0) is 12.1 Å². The molecule has 2 amide bonds. The van der Waals surface area contributed by atoms with Gasteiger partial charge in [0.1, 0.15) is 6.54 Å². The molecule has 0 saturated heterocycles. The lowest BCUT2D eigenvalue weighted by Crippen LogP contribution is -2.19. The molecule has 3 N–H and O–H groups in total. The Kier molecular flexibility index (Phi) is 5.14. The van der Waals surface area contributed by atoms with Gasteiger partial charge >= 0.3 is 0 Å². The third-order valence-electron chi connectivity index (χ3n) is 2.96. The third kappa shape index (κ3) is 4.25. The van der Waals surface area contributed by atoms with Gasteiger partial charge in [0, 0.05) is 18.1 Å². The van der Waals surface area contributed by atoms with Crippen LogP contribution in [0.2, 0.25) is 0 Å². The van der Waals surface area contributed by atoms with E-state index < -0.39 is 5.91 Å². The number of thioether (sulfide) groups is 1. The predicted molar refractivity (Wildman–Crippen MR) is 92.9 cm³/mol. The summed E-state index contributed by atoms with van der Waals surface area (Å²) in [5.74, 6) is 0.769. The van der Waals surface area contributed by atoms with Gasteiger partial charge in [0.2, 0.25) is 17.6 Å². The van der Waals surface area contributed by atoms with E-state index in [1.165, 1.54) is 36.3 Å². The minimum atomic E-state index is -0.504. The van der Waals surface area contributed by atoms with Crippen LogP contribution in [0.4, 0.5) is 5.13 Å². The first kappa shape index (κ1) is 17.2. The van der Waals surface area contributed by atoms with Crippen LogP contribution in [-0.2, 0) is 21.9 Å². The van der Waals surface area contributed by atoms with E-state index in [4.69, 9.17) is 10.2 Å². The first-order chi connectivity index (χ1) is 12.0. The Morgan fingerprint density at radius 3 is 2.96 bits per heavy atom. The number of amides is 2. The summed E-state index contributed by atoms with van der Waals surface area (Å²) in [5.41, 5.74) is 6.11. The van der Waals surface area contributed by atoms with Gasteiger partial charge in [-0.1, -0.05) is 11.8 Å². The minimum absolute atomic E-state index is 0.0560. The largest absolute Gasteiger partial charge is 0.461 e. The van der Waals surface area contributed by atoms with Crippen LogP contribution in [0.15, 0.2) is 33.3 Å². The Morgan fingerprint density at radius 1 is 1.44 bits per heavy atom. The second kappa shape index (κ2) is 7.49. The summed E-state index contributed by atoms with van der Waals surface area (Å²) in [7, 11) is 0. The molecule has 0 spiro atoms. The van der Waals surface area contributed by atoms with Crippen molar-refractivity contribution in [3.05, 3.63) is 29.5 Å². The standard InChI is InChI=1S/C14H14N6O3S2/c1-8(21)16-13-17-9(6-24-13)7-25-14-19-18-12(10-3-2-4-23-10)20(14)5-11(15)22/h2-4,6H,5,7H2,1H3,(H2,15,22)(H,16,17,21). The van der Waals surface area contributed by atoms with Crippen LogP contribution in [-0.4, -0.2) is 31.6 Å². The number of furan rings is 1. The van der Waals surface area contributed by atoms with Crippen molar-refractivity contribution in [2.75, 3.05) is 5.32 Å². The highest BCUT2D eigenvalue weighted by Gasteiger charge is 2.18. The zero-order chi connectivity index (χ0) is 17.8. The second-order valence-electron chi connectivity index (χ2n) is 4.95. The van der Waals surface area contributed by atoms with Gasteiger partial charge in [-0.2, -0.15) is 0 Å². The lowest BCUT2D eigenvalue weighted by Gasteiger charge is -2.06. The Morgan fingerprint density at radius 2 is 2.28 bits per heavy atom. The van der Waals surface area contributed by atoms with Crippen molar-refractivity contribution < 1.29 is 14.0 Å². The Hall–Kier alpha value is -2.66. The monoisotopic (exact) mass is 378 g/mol. The summed E-state index contributed by atoms with van der Waals surface area (Å²) in [6.07, 6.45) is 1.52. The average molecular weight is 378 g/mol. The smallest absolute Gasteiger partial charge is 0.237 e. The van der Waals surface area contributed by atoms with Gasteiger partial charge in [-0.15, -0.1) is 21.5 Å². The Bertz CT molecular complexity index is 886. The molecule has 3 aromatic rings. The zero-order valence-corrected chi connectivity index (χ0v) is 14.8. The van der Waals surface area contributed by atoms with Crippen LogP contribution in [0.1, 0.15) is 12.6 Å². The molecule has 0 fully saturated rings. The molecule has 9 nitrogen and oxygen atoms in total. The SMILES string of the molecule is CC(=O)Nc1nc(CSc2nnc(-c3ccco3)n2CC(N)=O)cs1. The fraction of sp³-hybridized carbons (Fsp3) is 0.214. The molecule has 3 heterocycles. The quantitative estimate of drug-likeness (QED) is 0.599. The number of carbonyl (C=O) groups is 2. The number of hydrogen-bond acceptors (Lipinski definition) is 8. The van der Waals surface area contributed by atoms with E-state index in [0.29, 0.717) is 27.6 Å². The molecule has 0 atom stereocenters. The third-order valence-corrected chi connectivity index (χ3v) is 4.76. The van der Waals surface area contributed by atoms with Gasteiger partial charge in [-0.3, -0.25) is 14.2 Å². The molecule has 3 rings (SSSR count). The number of thiazole rings is 1. The van der Waals surface area contributed by atoms with E-state index in [1.807, 2.05) is 5.38 Å². The van der Waals surface area contributed by atoms with Crippen LogP contribution in [0.5, 0.6) is 0 Å². The normalized spacial score (nSPS) is 10.8. The van der Waals surface area contributed by atoms with Crippen molar-refractivity contribution in [1.29, 1.82) is 0 Å². The first-order valence-electron chi connectivity index (χ1n) is 7.13. The lowest BCUT2D eigenvalue weighted by molar-refractivity contribution is -0.118. The molecule has 0 unspecified atom stereocenters. The number of aromatic nitrogens is 4. The van der Waals surface area contributed by atoms with Gasteiger partial charge in [0.15, 0.2) is 16.0 Å². The highest BCUT2D eigenvalue weighted by atomic mass is 32.2. The lowest BCUT2D eigenvalue weighted by atomic mass is 10.4. The first-order valence-corrected chi connectivity index (χ1v) is 8.99. The summed E-state index contributed by atoms with van der Waals surface area (Å²) >= 11 is 2.71. The molecule has 25 heavy (non-hydrogen) atoms. The zero-order valence-electron chi connectivity index (χ0n) is 13.1. The summed E-state index contributed by atoms with van der Waals surface area (Å²) < 4.78 is 6.93. The number of nitrogens with two attached hydrogens (primary N) is 1. The van der Waals surface area contributed by atoms with Crippen molar-refractivity contribution in [1.82, 2.24) is 19.7 Å². The number of nitrogens with zero attached hydrogens (tertiary/aromatic N) is 4. The van der Waals surface area contributed by atoms with Crippen LogP contribution in [0, 0.1) is 0 Å². The maximum atomic E-state index is 11.4. The van der Waals surface area contributed by atoms with E-state index in [-0.39, 0.29) is 12.5 Å². The highest BCUT2D eigenvalue weighted by molar-refractivity contribution is 7.98. The molecule has 3 aromatic heterocycles. The summed E-state index contributed by atoms with van der Waals surface area (Å²) in [5, 5.41) is 13.7. The molecule has 11 heteroatoms.